The van der Waals surface area contributed by atoms with Crippen LogP contribution in [0.1, 0.15) is 37.5 Å². The highest BCUT2D eigenvalue weighted by Crippen LogP contribution is 2.33. The second-order valence-corrected chi connectivity index (χ2v) is 4.71. The van der Waals surface area contributed by atoms with Crippen molar-refractivity contribution in [1.82, 2.24) is 20.1 Å². The van der Waals surface area contributed by atoms with Crippen LogP contribution in [0.2, 0.25) is 0 Å². The monoisotopic (exact) mass is 226 g/mol. The van der Waals surface area contributed by atoms with Gasteiger partial charge in [0.1, 0.15) is 5.82 Å². The molecule has 5 heteroatoms. The van der Waals surface area contributed by atoms with Crippen molar-refractivity contribution in [2.24, 2.45) is 0 Å². The molecule has 0 aliphatic heterocycles. The molecule has 1 aromatic rings. The van der Waals surface area contributed by atoms with Gasteiger partial charge in [0.25, 0.3) is 0 Å². The molecule has 1 N–H and O–H groups in total. The van der Waals surface area contributed by atoms with E-state index in [9.17, 15) is 0 Å². The van der Waals surface area contributed by atoms with E-state index in [-0.39, 0.29) is 0 Å². The van der Waals surface area contributed by atoms with Gasteiger partial charge in [-0.05, 0) is 26.1 Å². The molecule has 0 radical (unpaired) electrons. The molecule has 1 fully saturated rings. The number of nitrogens with one attached hydrogen (secondary N) is 1. The van der Waals surface area contributed by atoms with Crippen LogP contribution in [0.4, 0.5) is 0 Å². The Kier molecular flexibility index (Phi) is 3.64. The first kappa shape index (κ1) is 11.0. The van der Waals surface area contributed by atoms with E-state index in [0.29, 0.717) is 6.04 Å². The van der Waals surface area contributed by atoms with Crippen LogP contribution in [-0.4, -0.2) is 28.1 Å². The van der Waals surface area contributed by atoms with E-state index in [2.05, 4.69) is 26.3 Å². The van der Waals surface area contributed by atoms with Crippen molar-refractivity contribution >= 4 is 11.8 Å². The van der Waals surface area contributed by atoms with Crippen molar-refractivity contribution in [3.8, 4) is 0 Å². The van der Waals surface area contributed by atoms with E-state index in [1.165, 1.54) is 25.7 Å². The first-order chi connectivity index (χ1) is 7.36. The van der Waals surface area contributed by atoms with Crippen LogP contribution in [0.15, 0.2) is 5.16 Å². The van der Waals surface area contributed by atoms with Crippen molar-refractivity contribution < 1.29 is 0 Å². The van der Waals surface area contributed by atoms with E-state index in [1.807, 2.05) is 7.05 Å². The maximum absolute atomic E-state index is 4.25. The molecule has 1 aliphatic rings. The van der Waals surface area contributed by atoms with E-state index in [4.69, 9.17) is 0 Å². The minimum Gasteiger partial charge on any atom is -0.313 e. The van der Waals surface area contributed by atoms with Crippen LogP contribution in [-0.2, 0) is 6.54 Å². The molecule has 1 saturated carbocycles. The molecule has 0 bridgehead atoms. The first-order valence-electron chi connectivity index (χ1n) is 5.49. The van der Waals surface area contributed by atoms with Crippen LogP contribution in [0.5, 0.6) is 0 Å². The summed E-state index contributed by atoms with van der Waals surface area (Å²) in [5.41, 5.74) is 0. The number of aromatic nitrogens is 3. The Morgan fingerprint density at radius 1 is 1.40 bits per heavy atom. The van der Waals surface area contributed by atoms with Crippen molar-refractivity contribution in [2.45, 2.75) is 43.4 Å². The van der Waals surface area contributed by atoms with Crippen LogP contribution in [0, 0.1) is 0 Å². The summed E-state index contributed by atoms with van der Waals surface area (Å²) in [6, 6.07) is 0.630. The highest BCUT2D eigenvalue weighted by atomic mass is 32.2. The number of thioether (sulfide) groups is 1. The molecule has 84 valence electrons. The summed E-state index contributed by atoms with van der Waals surface area (Å²) in [6.07, 6.45) is 7.31. The van der Waals surface area contributed by atoms with Gasteiger partial charge in [-0.2, -0.15) is 0 Å². The molecule has 0 amide bonds. The predicted molar refractivity (Wildman–Crippen MR) is 62.1 cm³/mol. The summed E-state index contributed by atoms with van der Waals surface area (Å²) >= 11 is 1.69. The molecule has 1 heterocycles. The lowest BCUT2D eigenvalue weighted by atomic mass is 10.2. The maximum Gasteiger partial charge on any atom is 0.191 e. The van der Waals surface area contributed by atoms with E-state index in [1.54, 1.807) is 11.8 Å². The summed E-state index contributed by atoms with van der Waals surface area (Å²) in [4.78, 5) is 0. The van der Waals surface area contributed by atoms with Crippen LogP contribution < -0.4 is 5.32 Å². The molecule has 0 spiro atoms. The lowest BCUT2D eigenvalue weighted by Gasteiger charge is -2.15. The summed E-state index contributed by atoms with van der Waals surface area (Å²) in [7, 11) is 1.95. The van der Waals surface area contributed by atoms with E-state index >= 15 is 0 Å². The fourth-order valence-corrected chi connectivity index (χ4v) is 2.83. The minimum absolute atomic E-state index is 0.630. The van der Waals surface area contributed by atoms with E-state index < -0.39 is 0 Å². The maximum atomic E-state index is 4.25. The Morgan fingerprint density at radius 3 is 2.73 bits per heavy atom. The molecule has 1 aliphatic carbocycles. The number of rotatable bonds is 4. The van der Waals surface area contributed by atoms with Crippen LogP contribution in [0.3, 0.4) is 0 Å². The fourth-order valence-electron chi connectivity index (χ4n) is 2.25. The smallest absolute Gasteiger partial charge is 0.191 e. The third-order valence-corrected chi connectivity index (χ3v) is 3.59. The highest BCUT2D eigenvalue weighted by Gasteiger charge is 2.22. The quantitative estimate of drug-likeness (QED) is 0.795. The van der Waals surface area contributed by atoms with Gasteiger partial charge in [0.05, 0.1) is 6.54 Å². The molecular formula is C10H18N4S. The van der Waals surface area contributed by atoms with Gasteiger partial charge in [0, 0.05) is 6.04 Å². The highest BCUT2D eigenvalue weighted by molar-refractivity contribution is 7.98. The molecule has 1 aromatic heterocycles. The number of hydrogen-bond acceptors (Lipinski definition) is 4. The largest absolute Gasteiger partial charge is 0.313 e. The Bertz CT molecular complexity index is 317. The average molecular weight is 226 g/mol. The van der Waals surface area contributed by atoms with Crippen LogP contribution in [0.25, 0.3) is 0 Å². The Morgan fingerprint density at radius 2 is 2.13 bits per heavy atom. The van der Waals surface area contributed by atoms with Gasteiger partial charge in [-0.3, -0.25) is 0 Å². The molecule has 0 aromatic carbocycles. The summed E-state index contributed by atoms with van der Waals surface area (Å²) in [6.45, 7) is 0.810. The van der Waals surface area contributed by atoms with Crippen molar-refractivity contribution in [1.29, 1.82) is 0 Å². The zero-order chi connectivity index (χ0) is 10.7. The lowest BCUT2D eigenvalue weighted by Crippen LogP contribution is -2.15. The minimum atomic E-state index is 0.630. The topological polar surface area (TPSA) is 42.7 Å². The molecule has 0 saturated heterocycles. The van der Waals surface area contributed by atoms with Gasteiger partial charge in [-0.1, -0.05) is 24.6 Å². The molecule has 4 nitrogen and oxygen atoms in total. The Labute approximate surface area is 94.8 Å². The van der Waals surface area contributed by atoms with Gasteiger partial charge in [-0.25, -0.2) is 0 Å². The number of nitrogens with zero attached hydrogens (tertiary/aromatic N) is 3. The molecular weight excluding hydrogens is 208 g/mol. The summed E-state index contributed by atoms with van der Waals surface area (Å²) in [5, 5.41) is 12.7. The second kappa shape index (κ2) is 4.99. The molecule has 15 heavy (non-hydrogen) atoms. The van der Waals surface area contributed by atoms with Crippen LogP contribution >= 0.6 is 11.8 Å². The zero-order valence-electron chi connectivity index (χ0n) is 9.36. The average Bonchev–Trinajstić information content (AvgIpc) is 2.85. The van der Waals surface area contributed by atoms with Gasteiger partial charge in [0.15, 0.2) is 5.16 Å². The second-order valence-electron chi connectivity index (χ2n) is 3.94. The molecule has 2 rings (SSSR count). The van der Waals surface area contributed by atoms with Crippen molar-refractivity contribution in [2.75, 3.05) is 13.3 Å². The third-order valence-electron chi connectivity index (χ3n) is 2.94. The first-order valence-corrected chi connectivity index (χ1v) is 6.71. The van der Waals surface area contributed by atoms with E-state index in [0.717, 1.165) is 17.5 Å². The normalized spacial score (nSPS) is 17.5. The van der Waals surface area contributed by atoms with Gasteiger partial charge >= 0.3 is 0 Å². The van der Waals surface area contributed by atoms with Gasteiger partial charge < -0.3 is 9.88 Å². The summed E-state index contributed by atoms with van der Waals surface area (Å²) < 4.78 is 2.33. The predicted octanol–water partition coefficient (Wildman–Crippen LogP) is 1.83. The van der Waals surface area contributed by atoms with Crippen molar-refractivity contribution in [3.05, 3.63) is 5.82 Å². The Hall–Kier alpha value is -0.550. The zero-order valence-corrected chi connectivity index (χ0v) is 10.2. The van der Waals surface area contributed by atoms with Gasteiger partial charge in [-0.15, -0.1) is 10.2 Å². The molecule has 0 unspecified atom stereocenters. The standard InChI is InChI=1S/C10H18N4S/c1-11-7-9-12-13-10(15-2)14(9)8-5-3-4-6-8/h8,11H,3-7H2,1-2H3. The third kappa shape index (κ3) is 2.18. The summed E-state index contributed by atoms with van der Waals surface area (Å²) in [5.74, 6) is 1.08. The lowest BCUT2D eigenvalue weighted by molar-refractivity contribution is 0.458. The fraction of sp³-hybridized carbons (Fsp3) is 0.800. The number of hydrogen-bond donors (Lipinski definition) is 1. The SMILES string of the molecule is CNCc1nnc(SC)n1C1CCCC1. The van der Waals surface area contributed by atoms with Gasteiger partial charge in [0.2, 0.25) is 0 Å². The molecule has 0 atom stereocenters. The Balaban J connectivity index is 2.27. The van der Waals surface area contributed by atoms with Crippen molar-refractivity contribution in [3.63, 3.8) is 0 Å².